The second kappa shape index (κ2) is 17.4. The van der Waals surface area contributed by atoms with E-state index in [2.05, 4.69) is 15.2 Å². The highest BCUT2D eigenvalue weighted by Crippen LogP contribution is 2.39. The average molecular weight is 764 g/mol. The van der Waals surface area contributed by atoms with Gasteiger partial charge >= 0.3 is 6.09 Å². The molecule has 13 heteroatoms. The van der Waals surface area contributed by atoms with Gasteiger partial charge in [0.25, 0.3) is 5.91 Å². The fraction of sp³-hybridized carbons (Fsp3) is 0.372. The van der Waals surface area contributed by atoms with E-state index in [1.165, 1.54) is 12.1 Å². The number of pyridine rings is 1. The molecule has 2 amide bonds. The molecule has 5 N–H and O–H groups in total. The number of amides is 2. The summed E-state index contributed by atoms with van der Waals surface area (Å²) in [5.74, 6) is 1.27. The third-order valence-electron chi connectivity index (χ3n) is 11.1. The first-order valence-electron chi connectivity index (χ1n) is 19.3. The number of aromatic nitrogens is 1. The third kappa shape index (κ3) is 8.60. The van der Waals surface area contributed by atoms with E-state index in [9.17, 15) is 29.7 Å². The Morgan fingerprint density at radius 2 is 1.79 bits per heavy atom. The highest BCUT2D eigenvalue weighted by Gasteiger charge is 2.43. The number of hydrogen-bond donors (Lipinski definition) is 5. The van der Waals surface area contributed by atoms with Gasteiger partial charge in [0.05, 0.1) is 23.7 Å². The maximum Gasteiger partial charge on any atom is 0.408 e. The number of benzene rings is 3. The average Bonchev–Trinajstić information content (AvgIpc) is 3.70. The summed E-state index contributed by atoms with van der Waals surface area (Å²) in [6.45, 7) is 6.49. The molecule has 5 aromatic rings. The summed E-state index contributed by atoms with van der Waals surface area (Å²) < 4.78 is 12.1. The number of aliphatic hydroxyl groups excluding tert-OH is 1. The van der Waals surface area contributed by atoms with Crippen molar-refractivity contribution in [3.8, 4) is 11.5 Å². The zero-order valence-electron chi connectivity index (χ0n) is 31.5. The smallest absolute Gasteiger partial charge is 0.408 e. The second-order valence-electron chi connectivity index (χ2n) is 14.6. The molecule has 3 atom stereocenters. The molecule has 0 unspecified atom stereocenters. The molecule has 0 radical (unpaired) electrons. The van der Waals surface area contributed by atoms with E-state index in [4.69, 9.17) is 9.15 Å². The summed E-state index contributed by atoms with van der Waals surface area (Å²) in [6, 6.07) is 26.1. The van der Waals surface area contributed by atoms with Gasteiger partial charge in [0.15, 0.2) is 5.76 Å². The SMILES string of the molecule is CCN(CCCNC[C@H](O)c1ccc(O)c2[nH]c(=O)ccc12)C(=O)c1ccc(COc2cccc([C@H](c3ccccc3)N(C(=O)O)[C@H]3CN4CCC3CC4)c2)o1. The Kier molecular flexibility index (Phi) is 12.0. The lowest BCUT2D eigenvalue weighted by molar-refractivity contribution is -0.000815. The highest BCUT2D eigenvalue weighted by atomic mass is 16.5. The standard InChI is InChI=1S/C43H49N5O8/c1-2-47(21-7-20-44-25-37(50)33-13-15-36(49)40-34(33)14-17-39(51)45-40)42(52)38-16-12-32(56-38)27-55-31-11-6-10-30(24-31)41(29-8-4-3-5-9-29)48(43(53)54)35-26-46-22-18-28(35)19-23-46/h3-6,8-17,24,28,35,37,41,44,49-50H,2,7,18-23,25-27H2,1H3,(H,45,51)(H,53,54)/t35-,37-,41-/m0/s1. The van der Waals surface area contributed by atoms with Crippen LogP contribution in [0.15, 0.2) is 100 Å². The zero-order chi connectivity index (χ0) is 39.2. The van der Waals surface area contributed by atoms with Crippen LogP contribution in [0, 0.1) is 5.92 Å². The van der Waals surface area contributed by atoms with E-state index in [1.807, 2.05) is 61.5 Å². The Bertz CT molecular complexity index is 2180. The van der Waals surface area contributed by atoms with Crippen molar-refractivity contribution in [3.63, 3.8) is 0 Å². The summed E-state index contributed by atoms with van der Waals surface area (Å²) in [6.07, 6.45) is 0.814. The number of aromatic hydroxyl groups is 1. The number of H-pyrrole nitrogens is 1. The van der Waals surface area contributed by atoms with Crippen LogP contribution in [0.4, 0.5) is 4.79 Å². The fourth-order valence-electron chi connectivity index (χ4n) is 8.19. The first-order valence-corrected chi connectivity index (χ1v) is 19.3. The van der Waals surface area contributed by atoms with Crippen molar-refractivity contribution < 1.29 is 34.1 Å². The molecule has 56 heavy (non-hydrogen) atoms. The Morgan fingerprint density at radius 3 is 2.52 bits per heavy atom. The van der Waals surface area contributed by atoms with Gasteiger partial charge in [0, 0.05) is 37.6 Å². The topological polar surface area (TPSA) is 172 Å². The normalized spacial score (nSPS) is 18.7. The van der Waals surface area contributed by atoms with Gasteiger partial charge in [-0.2, -0.15) is 0 Å². The van der Waals surface area contributed by atoms with Gasteiger partial charge in [0.2, 0.25) is 5.56 Å². The molecular weight excluding hydrogens is 715 g/mol. The number of aromatic amines is 1. The molecule has 3 saturated heterocycles. The van der Waals surface area contributed by atoms with Gasteiger partial charge in [-0.15, -0.1) is 0 Å². The van der Waals surface area contributed by atoms with Gasteiger partial charge in [-0.3, -0.25) is 14.5 Å². The number of ether oxygens (including phenoxy) is 1. The Hall–Kier alpha value is -5.63. The molecule has 3 aromatic carbocycles. The Balaban J connectivity index is 0.943. The van der Waals surface area contributed by atoms with Crippen molar-refractivity contribution in [2.45, 2.75) is 51.0 Å². The number of carboxylic acid groups (broad SMARTS) is 1. The molecule has 0 spiro atoms. The molecule has 13 nitrogen and oxygen atoms in total. The van der Waals surface area contributed by atoms with Gasteiger partial charge in [0.1, 0.15) is 23.9 Å². The van der Waals surface area contributed by atoms with Crippen molar-refractivity contribution in [2.24, 2.45) is 5.92 Å². The molecule has 294 valence electrons. The zero-order valence-corrected chi connectivity index (χ0v) is 31.5. The lowest BCUT2D eigenvalue weighted by Crippen LogP contribution is -2.59. The summed E-state index contributed by atoms with van der Waals surface area (Å²) >= 11 is 0. The minimum atomic E-state index is -0.937. The number of phenolic OH excluding ortho intramolecular Hbond substituents is 1. The van der Waals surface area contributed by atoms with E-state index >= 15 is 0 Å². The van der Waals surface area contributed by atoms with Crippen LogP contribution >= 0.6 is 0 Å². The summed E-state index contributed by atoms with van der Waals surface area (Å²) in [7, 11) is 0. The number of piperidine rings is 3. The van der Waals surface area contributed by atoms with Gasteiger partial charge < -0.3 is 44.6 Å². The Morgan fingerprint density at radius 1 is 1.00 bits per heavy atom. The highest BCUT2D eigenvalue weighted by molar-refractivity contribution is 5.91. The lowest BCUT2D eigenvalue weighted by atomic mass is 9.81. The molecule has 3 aliphatic heterocycles. The lowest BCUT2D eigenvalue weighted by Gasteiger charge is -2.50. The van der Waals surface area contributed by atoms with Crippen LogP contribution in [0.3, 0.4) is 0 Å². The quantitative estimate of drug-likeness (QED) is 0.0781. The number of carbonyl (C=O) groups excluding carboxylic acids is 1. The van der Waals surface area contributed by atoms with Gasteiger partial charge in [-0.25, -0.2) is 4.79 Å². The predicted molar refractivity (Wildman–Crippen MR) is 211 cm³/mol. The fourth-order valence-corrected chi connectivity index (χ4v) is 8.19. The summed E-state index contributed by atoms with van der Waals surface area (Å²) in [4.78, 5) is 46.4. The minimum Gasteiger partial charge on any atom is -0.506 e. The van der Waals surface area contributed by atoms with Gasteiger partial charge in [-0.05, 0) is 105 Å². The van der Waals surface area contributed by atoms with E-state index in [0.29, 0.717) is 54.4 Å². The molecular formula is C43H49N5O8. The summed E-state index contributed by atoms with van der Waals surface area (Å²) in [5.41, 5.74) is 2.24. The summed E-state index contributed by atoms with van der Waals surface area (Å²) in [5, 5.41) is 35.4. The van der Waals surface area contributed by atoms with Crippen molar-refractivity contribution in [1.29, 1.82) is 0 Å². The first kappa shape index (κ1) is 38.6. The van der Waals surface area contributed by atoms with Crippen LogP contribution in [-0.2, 0) is 6.61 Å². The van der Waals surface area contributed by atoms with E-state index in [1.54, 1.807) is 34.1 Å². The van der Waals surface area contributed by atoms with Crippen LogP contribution in [0.1, 0.15) is 71.3 Å². The number of phenols is 1. The molecule has 3 aliphatic rings. The number of aliphatic hydroxyl groups is 1. The number of rotatable bonds is 16. The largest absolute Gasteiger partial charge is 0.506 e. The number of furan rings is 1. The van der Waals surface area contributed by atoms with Crippen LogP contribution in [0.25, 0.3) is 10.9 Å². The number of nitrogens with one attached hydrogen (secondary N) is 2. The van der Waals surface area contributed by atoms with Crippen molar-refractivity contribution in [3.05, 3.63) is 130 Å². The van der Waals surface area contributed by atoms with Crippen molar-refractivity contribution >= 4 is 22.9 Å². The van der Waals surface area contributed by atoms with E-state index < -0.39 is 18.2 Å². The minimum absolute atomic E-state index is 0.0647. The van der Waals surface area contributed by atoms with Crippen LogP contribution in [0.2, 0.25) is 0 Å². The molecule has 8 rings (SSSR count). The van der Waals surface area contributed by atoms with Crippen molar-refractivity contribution in [2.75, 3.05) is 45.8 Å². The van der Waals surface area contributed by atoms with Gasteiger partial charge in [-0.1, -0.05) is 48.5 Å². The second-order valence-corrected chi connectivity index (χ2v) is 14.6. The molecule has 0 saturated carbocycles. The maximum atomic E-state index is 13.4. The number of fused-ring (bicyclic) bond motifs is 4. The predicted octanol–water partition coefficient (Wildman–Crippen LogP) is 5.74. The third-order valence-corrected chi connectivity index (χ3v) is 11.1. The number of hydrogen-bond acceptors (Lipinski definition) is 9. The van der Waals surface area contributed by atoms with Crippen LogP contribution < -0.4 is 15.6 Å². The van der Waals surface area contributed by atoms with Crippen molar-refractivity contribution in [1.82, 2.24) is 25.0 Å². The molecule has 2 aromatic heterocycles. The van der Waals surface area contributed by atoms with E-state index in [0.717, 1.165) is 43.6 Å². The van der Waals surface area contributed by atoms with E-state index in [-0.39, 0.29) is 47.7 Å². The molecule has 5 heterocycles. The maximum absolute atomic E-state index is 13.4. The first-order chi connectivity index (χ1) is 27.2. The van der Waals surface area contributed by atoms with Crippen LogP contribution in [0.5, 0.6) is 11.5 Å². The Labute approximate surface area is 325 Å². The van der Waals surface area contributed by atoms with Crippen LogP contribution in [-0.4, -0.2) is 98.9 Å². The molecule has 0 aliphatic carbocycles. The molecule has 2 bridgehead atoms. The molecule has 3 fully saturated rings. The monoisotopic (exact) mass is 763 g/mol. The number of nitrogens with zero attached hydrogens (tertiary/aromatic N) is 3. The number of carbonyl (C=O) groups is 2.